The lowest BCUT2D eigenvalue weighted by molar-refractivity contribution is -0.254. The molecule has 0 radical (unpaired) electrons. The summed E-state index contributed by atoms with van der Waals surface area (Å²) in [5.74, 6) is 1.19. The fourth-order valence-corrected chi connectivity index (χ4v) is 10.2. The first-order valence-electron chi connectivity index (χ1n) is 22.7. The van der Waals surface area contributed by atoms with Gasteiger partial charge in [0.2, 0.25) is 12.6 Å². The molecule has 332 valence electrons. The van der Waals surface area contributed by atoms with Crippen molar-refractivity contribution in [2.45, 2.75) is 83.0 Å². The number of ether oxygens (including phenoxy) is 5. The lowest BCUT2D eigenvalue weighted by atomic mass is 9.55. The number of allylic oxidation sites excluding steroid dienone is 1. The second-order valence-electron chi connectivity index (χ2n) is 16.7. The highest BCUT2D eigenvalue weighted by atomic mass is 16.7. The van der Waals surface area contributed by atoms with Crippen LogP contribution in [0.4, 0.5) is 0 Å². The van der Waals surface area contributed by atoms with Gasteiger partial charge in [-0.15, -0.1) is 6.58 Å². The first-order chi connectivity index (χ1) is 30.9. The Hall–Kier alpha value is -5.62. The Morgan fingerprint density at radius 1 is 0.873 bits per heavy atom. The number of hydrogen-bond donors (Lipinski definition) is 2. The summed E-state index contributed by atoms with van der Waals surface area (Å²) in [6.07, 6.45) is 9.80. The maximum Gasteiger partial charge on any atom is 0.254 e. The van der Waals surface area contributed by atoms with Crippen molar-refractivity contribution < 1.29 is 43.5 Å². The molecule has 63 heavy (non-hydrogen) atoms. The lowest BCUT2D eigenvalue weighted by Gasteiger charge is -2.60. The number of nitrogens with zero attached hydrogens (tertiary/aromatic N) is 2. The molecule has 2 heterocycles. The first-order valence-corrected chi connectivity index (χ1v) is 22.7. The Balaban J connectivity index is 1.28. The number of rotatable bonds is 20. The van der Waals surface area contributed by atoms with Crippen LogP contribution in [-0.2, 0) is 9.57 Å². The van der Waals surface area contributed by atoms with Crippen LogP contribution in [0.3, 0.4) is 0 Å². The molecule has 2 aliphatic carbocycles. The number of amides is 1. The number of aliphatic hydroxyl groups is 2. The topological polar surface area (TPSA) is 129 Å². The molecule has 0 saturated heterocycles. The first kappa shape index (κ1) is 44.0. The normalized spacial score (nSPS) is 23.5. The van der Waals surface area contributed by atoms with Crippen molar-refractivity contribution in [2.75, 3.05) is 39.8 Å². The van der Waals surface area contributed by atoms with Crippen LogP contribution in [0, 0.1) is 17.8 Å². The zero-order valence-electron chi connectivity index (χ0n) is 36.5. The molecule has 8 rings (SSSR count). The van der Waals surface area contributed by atoms with E-state index >= 15 is 4.79 Å². The predicted molar refractivity (Wildman–Crippen MR) is 242 cm³/mol. The van der Waals surface area contributed by atoms with Gasteiger partial charge in [-0.25, -0.2) is 0 Å². The smallest absolute Gasteiger partial charge is 0.254 e. The van der Waals surface area contributed by atoms with E-state index in [-0.39, 0.29) is 50.3 Å². The standard InChI is InChI=1S/C52H60N2O9/c1-4-26-54(51(57)38-20-24-46-47(31-38)59-34-58-46)48-33-44(53-61-6-3)42-30-37(16-10-12-27-55)41(17-11-13-28-56)49-43-32-40(23-25-45(43)63-52(48,50(42)49)60-29-5-2)62-39-21-18-36(19-22-39)35-14-8-7-9-15-35/h5,7-9,14-15,18-25,30-32,37,41,48-50,55-56H,2,4,6,10-13,16-17,26-29,33-34H2,1,3H3. The highest BCUT2D eigenvalue weighted by Crippen LogP contribution is 2.62. The van der Waals surface area contributed by atoms with Gasteiger partial charge >= 0.3 is 0 Å². The number of carbonyl (C=O) groups excluding carboxylic acids is 1. The molecule has 0 aromatic heterocycles. The molecule has 1 saturated carbocycles. The number of hydrogen-bond acceptors (Lipinski definition) is 10. The Morgan fingerprint density at radius 2 is 1.60 bits per heavy atom. The Bertz CT molecular complexity index is 2260. The fourth-order valence-electron chi connectivity index (χ4n) is 10.2. The summed E-state index contributed by atoms with van der Waals surface area (Å²) in [6, 6.07) is 29.1. The van der Waals surface area contributed by atoms with Gasteiger partial charge < -0.3 is 43.6 Å². The van der Waals surface area contributed by atoms with E-state index in [1.165, 1.54) is 0 Å². The van der Waals surface area contributed by atoms with Crippen LogP contribution < -0.4 is 18.9 Å². The van der Waals surface area contributed by atoms with Crippen LogP contribution >= 0.6 is 0 Å². The summed E-state index contributed by atoms with van der Waals surface area (Å²) < 4.78 is 32.5. The summed E-state index contributed by atoms with van der Waals surface area (Å²) in [7, 11) is 0. The van der Waals surface area contributed by atoms with Gasteiger partial charge in [0.15, 0.2) is 11.5 Å². The number of unbranched alkanes of at least 4 members (excludes halogenated alkanes) is 2. The number of carbonyl (C=O) groups is 1. The van der Waals surface area contributed by atoms with Crippen molar-refractivity contribution in [1.29, 1.82) is 0 Å². The minimum absolute atomic E-state index is 0.0787. The van der Waals surface area contributed by atoms with Crippen molar-refractivity contribution >= 4 is 11.6 Å². The third-order valence-electron chi connectivity index (χ3n) is 12.9. The lowest BCUT2D eigenvalue weighted by Crippen LogP contribution is -2.70. The predicted octanol–water partition coefficient (Wildman–Crippen LogP) is 10.1. The van der Waals surface area contributed by atoms with E-state index in [1.807, 2.05) is 54.3 Å². The summed E-state index contributed by atoms with van der Waals surface area (Å²) in [5, 5.41) is 24.8. The van der Waals surface area contributed by atoms with Crippen LogP contribution in [0.2, 0.25) is 0 Å². The van der Waals surface area contributed by atoms with Gasteiger partial charge in [-0.2, -0.15) is 0 Å². The van der Waals surface area contributed by atoms with Crippen LogP contribution in [0.5, 0.6) is 28.7 Å². The maximum atomic E-state index is 15.0. The van der Waals surface area contributed by atoms with Crippen LogP contribution in [0.15, 0.2) is 120 Å². The van der Waals surface area contributed by atoms with Gasteiger partial charge in [0.1, 0.15) is 29.9 Å². The van der Waals surface area contributed by atoms with E-state index in [2.05, 4.69) is 49.9 Å². The number of benzene rings is 4. The number of fused-ring (bicyclic) bond motifs is 3. The van der Waals surface area contributed by atoms with Gasteiger partial charge in [-0.1, -0.05) is 79.5 Å². The molecule has 4 aliphatic rings. The quantitative estimate of drug-likeness (QED) is 0.0507. The molecule has 11 heteroatoms. The zero-order chi connectivity index (χ0) is 43.8. The average molecular weight is 857 g/mol. The molecule has 11 nitrogen and oxygen atoms in total. The average Bonchev–Trinajstić information content (AvgIpc) is 3.79. The molecular formula is C52H60N2O9. The Morgan fingerprint density at radius 3 is 2.35 bits per heavy atom. The van der Waals surface area contributed by atoms with Crippen molar-refractivity contribution in [2.24, 2.45) is 22.9 Å². The molecule has 6 unspecified atom stereocenters. The van der Waals surface area contributed by atoms with E-state index in [0.29, 0.717) is 73.1 Å². The maximum absolute atomic E-state index is 15.0. The molecule has 1 amide bonds. The van der Waals surface area contributed by atoms with E-state index in [1.54, 1.807) is 24.3 Å². The molecule has 4 aromatic rings. The van der Waals surface area contributed by atoms with Gasteiger partial charge in [0.05, 0.1) is 18.2 Å². The number of oxime groups is 1. The van der Waals surface area contributed by atoms with Crippen molar-refractivity contribution in [3.05, 3.63) is 126 Å². The molecular weight excluding hydrogens is 797 g/mol. The molecule has 0 spiro atoms. The zero-order valence-corrected chi connectivity index (χ0v) is 36.5. The molecule has 2 N–H and O–H groups in total. The third kappa shape index (κ3) is 9.10. The van der Waals surface area contributed by atoms with Crippen molar-refractivity contribution in [1.82, 2.24) is 4.90 Å². The fraction of sp³-hybridized carbons (Fsp3) is 0.423. The Labute approximate surface area is 370 Å². The van der Waals surface area contributed by atoms with E-state index in [4.69, 9.17) is 33.7 Å². The van der Waals surface area contributed by atoms with Gasteiger partial charge in [0, 0.05) is 43.2 Å². The molecule has 4 aromatic carbocycles. The monoisotopic (exact) mass is 856 g/mol. The third-order valence-corrected chi connectivity index (χ3v) is 12.9. The van der Waals surface area contributed by atoms with Crippen molar-refractivity contribution in [3.8, 4) is 39.9 Å². The second kappa shape index (κ2) is 20.3. The molecule has 2 aliphatic heterocycles. The van der Waals surface area contributed by atoms with Gasteiger partial charge in [-0.05, 0) is 116 Å². The SMILES string of the molecule is C=CCOC12Oc3ccc(Oc4ccc(-c5ccccc5)cc4)cc3C3C(CCCCO)C(CCCCO)C=C(C(=NOCC)CC1N(CCC)C(=O)c1ccc4c(c1)OCO4)C32. The molecule has 1 fully saturated rings. The minimum atomic E-state index is -1.37. The molecule has 6 atom stereocenters. The highest BCUT2D eigenvalue weighted by molar-refractivity contribution is 6.03. The highest BCUT2D eigenvalue weighted by Gasteiger charge is 2.65. The summed E-state index contributed by atoms with van der Waals surface area (Å²) in [6.45, 7) is 9.33. The molecule has 0 bridgehead atoms. The summed E-state index contributed by atoms with van der Waals surface area (Å²) in [5.41, 5.74) is 5.44. The van der Waals surface area contributed by atoms with Crippen LogP contribution in [0.25, 0.3) is 11.1 Å². The largest absolute Gasteiger partial charge is 0.459 e. The number of aliphatic hydroxyl groups excluding tert-OH is 2. The van der Waals surface area contributed by atoms with Crippen LogP contribution in [-0.4, -0.2) is 78.3 Å². The van der Waals surface area contributed by atoms with Crippen molar-refractivity contribution in [3.63, 3.8) is 0 Å². The van der Waals surface area contributed by atoms with E-state index in [0.717, 1.165) is 53.7 Å². The van der Waals surface area contributed by atoms with Crippen LogP contribution in [0.1, 0.15) is 87.1 Å². The van der Waals surface area contributed by atoms with E-state index < -0.39 is 17.7 Å². The Kier molecular flexibility index (Phi) is 14.2. The van der Waals surface area contributed by atoms with E-state index in [9.17, 15) is 10.2 Å². The summed E-state index contributed by atoms with van der Waals surface area (Å²) >= 11 is 0. The minimum Gasteiger partial charge on any atom is -0.459 e. The van der Waals surface area contributed by atoms with Gasteiger partial charge in [-0.3, -0.25) is 4.79 Å². The summed E-state index contributed by atoms with van der Waals surface area (Å²) in [4.78, 5) is 22.8. The van der Waals surface area contributed by atoms with Gasteiger partial charge in [0.25, 0.3) is 5.91 Å². The second-order valence-corrected chi connectivity index (χ2v) is 16.7.